The summed E-state index contributed by atoms with van der Waals surface area (Å²) in [6.07, 6.45) is 2.62. The van der Waals surface area contributed by atoms with Gasteiger partial charge in [0.1, 0.15) is 5.83 Å². The maximum Gasteiger partial charge on any atom is 0.143 e. The summed E-state index contributed by atoms with van der Waals surface area (Å²) in [5.74, 6) is 0.460. The predicted octanol–water partition coefficient (Wildman–Crippen LogP) is 3.09. The molecule has 1 aliphatic rings. The van der Waals surface area contributed by atoms with Crippen molar-refractivity contribution in [1.29, 1.82) is 0 Å². The third-order valence-electron chi connectivity index (χ3n) is 2.53. The molecule has 3 heteroatoms. The highest BCUT2D eigenvalue weighted by atomic mass is 127. The first-order valence-corrected chi connectivity index (χ1v) is 6.97. The first kappa shape index (κ1) is 10.9. The molecule has 1 rings (SSSR count). The number of hydrogen-bond donors (Lipinski definition) is 1. The van der Waals surface area contributed by atoms with E-state index >= 15 is 0 Å². The highest BCUT2D eigenvalue weighted by Gasteiger charge is 2.25. The van der Waals surface area contributed by atoms with Crippen molar-refractivity contribution < 1.29 is 4.39 Å². The largest absolute Gasteiger partial charge is 0.396 e. The van der Waals surface area contributed by atoms with E-state index in [0.717, 1.165) is 10.0 Å². The summed E-state index contributed by atoms with van der Waals surface area (Å²) >= 11 is -0.331. The average molecular weight is 295 g/mol. The molecular formula is C10H15FIN. The van der Waals surface area contributed by atoms with E-state index in [1.54, 1.807) is 6.08 Å². The Morgan fingerprint density at radius 3 is 2.77 bits per heavy atom. The third kappa shape index (κ3) is 2.00. The summed E-state index contributed by atoms with van der Waals surface area (Å²) in [6, 6.07) is 0. The van der Waals surface area contributed by atoms with Crippen LogP contribution in [-0.4, -0.2) is 4.51 Å². The van der Waals surface area contributed by atoms with Crippen molar-refractivity contribution in [1.82, 2.24) is 0 Å². The number of allylic oxidation sites excluding steroid dienone is 3. The highest BCUT2D eigenvalue weighted by molar-refractivity contribution is 14.2. The van der Waals surface area contributed by atoms with Crippen molar-refractivity contribution >= 4 is 25.2 Å². The lowest BCUT2D eigenvalue weighted by molar-refractivity contribution is 0.460. The Balaban J connectivity index is 3.07. The molecule has 2 atom stereocenters. The second-order valence-electron chi connectivity index (χ2n) is 3.27. The SMILES string of the molecule is C=IC1=C(N)C(F)=CC(CC)C1C. The maximum atomic E-state index is 13.3. The van der Waals surface area contributed by atoms with Crippen LogP contribution in [0.4, 0.5) is 4.39 Å². The zero-order chi connectivity index (χ0) is 10.0. The van der Waals surface area contributed by atoms with E-state index < -0.39 is 0 Å². The Labute approximate surface area is 88.6 Å². The molecule has 13 heavy (non-hydrogen) atoms. The highest BCUT2D eigenvalue weighted by Crippen LogP contribution is 2.39. The van der Waals surface area contributed by atoms with Crippen molar-refractivity contribution in [2.75, 3.05) is 0 Å². The summed E-state index contributed by atoms with van der Waals surface area (Å²) in [5, 5.41) is 0. The molecule has 0 aromatic carbocycles. The quantitative estimate of drug-likeness (QED) is 0.778. The fraction of sp³-hybridized carbons (Fsp3) is 0.500. The van der Waals surface area contributed by atoms with Gasteiger partial charge in [0.2, 0.25) is 0 Å². The number of nitrogens with two attached hydrogens (primary N) is 1. The first-order chi connectivity index (χ1) is 6.11. The standard InChI is InChI=1S/C10H15FIN/c1-4-7-5-8(11)10(13)9(12-3)6(7)2/h5-7H,3-4,13H2,1-2H3. The van der Waals surface area contributed by atoms with Gasteiger partial charge in [-0.25, -0.2) is 4.39 Å². The van der Waals surface area contributed by atoms with E-state index in [0.29, 0.717) is 17.5 Å². The molecule has 0 amide bonds. The van der Waals surface area contributed by atoms with Crippen LogP contribution in [0.3, 0.4) is 0 Å². The Morgan fingerprint density at radius 2 is 2.31 bits per heavy atom. The molecular weight excluding hydrogens is 280 g/mol. The molecule has 74 valence electrons. The molecule has 2 unspecified atom stereocenters. The van der Waals surface area contributed by atoms with E-state index in [2.05, 4.69) is 18.4 Å². The van der Waals surface area contributed by atoms with Crippen LogP contribution >= 0.6 is 20.7 Å². The van der Waals surface area contributed by atoms with Gasteiger partial charge in [-0.05, 0) is 24.3 Å². The Morgan fingerprint density at radius 1 is 1.69 bits per heavy atom. The normalized spacial score (nSPS) is 29.0. The second-order valence-corrected chi connectivity index (χ2v) is 5.20. The minimum atomic E-state index is -0.331. The minimum Gasteiger partial charge on any atom is -0.396 e. The van der Waals surface area contributed by atoms with E-state index in [4.69, 9.17) is 5.73 Å². The Kier molecular flexibility index (Phi) is 3.64. The van der Waals surface area contributed by atoms with Gasteiger partial charge in [-0.15, -0.1) is 0 Å². The van der Waals surface area contributed by atoms with Crippen LogP contribution in [0, 0.1) is 11.8 Å². The van der Waals surface area contributed by atoms with Crippen molar-refractivity contribution in [3.63, 3.8) is 0 Å². The van der Waals surface area contributed by atoms with E-state index in [1.807, 2.05) is 0 Å². The fourth-order valence-corrected chi connectivity index (χ4v) is 3.46. The molecule has 0 aliphatic heterocycles. The fourth-order valence-electron chi connectivity index (χ4n) is 1.63. The summed E-state index contributed by atoms with van der Waals surface area (Å²) in [5.41, 5.74) is 6.03. The lowest BCUT2D eigenvalue weighted by Crippen LogP contribution is -2.18. The van der Waals surface area contributed by atoms with Crippen LogP contribution in [0.15, 0.2) is 21.2 Å². The lowest BCUT2D eigenvalue weighted by Gasteiger charge is -2.25. The van der Waals surface area contributed by atoms with Crippen LogP contribution in [0.1, 0.15) is 20.3 Å². The van der Waals surface area contributed by atoms with Crippen molar-refractivity contribution in [3.05, 3.63) is 21.2 Å². The molecule has 1 nitrogen and oxygen atoms in total. The molecule has 0 bridgehead atoms. The van der Waals surface area contributed by atoms with Gasteiger partial charge in [-0.2, -0.15) is 0 Å². The van der Waals surface area contributed by atoms with Crippen LogP contribution < -0.4 is 5.73 Å². The summed E-state index contributed by atoms with van der Waals surface area (Å²) in [6.45, 7) is 4.19. The van der Waals surface area contributed by atoms with Crippen LogP contribution in [0.5, 0.6) is 0 Å². The third-order valence-corrected chi connectivity index (χ3v) is 4.92. The lowest BCUT2D eigenvalue weighted by atomic mass is 9.87. The molecule has 0 heterocycles. The number of hydrogen-bond acceptors (Lipinski definition) is 1. The minimum absolute atomic E-state index is 0.233. The van der Waals surface area contributed by atoms with Crippen LogP contribution in [0.25, 0.3) is 0 Å². The van der Waals surface area contributed by atoms with Crippen molar-refractivity contribution in [2.24, 2.45) is 17.6 Å². The molecule has 0 spiro atoms. The summed E-state index contributed by atoms with van der Waals surface area (Å²) in [7, 11) is 0. The van der Waals surface area contributed by atoms with Crippen molar-refractivity contribution in [2.45, 2.75) is 20.3 Å². The zero-order valence-electron chi connectivity index (χ0n) is 7.98. The molecule has 0 saturated carbocycles. The second kappa shape index (κ2) is 4.35. The Bertz CT molecular complexity index is 281. The number of rotatable bonds is 2. The van der Waals surface area contributed by atoms with Gasteiger partial charge < -0.3 is 5.73 Å². The average Bonchev–Trinajstić information content (AvgIpc) is 2.12. The molecule has 0 aromatic heterocycles. The van der Waals surface area contributed by atoms with E-state index in [-0.39, 0.29) is 26.6 Å². The van der Waals surface area contributed by atoms with Gasteiger partial charge >= 0.3 is 0 Å². The monoisotopic (exact) mass is 295 g/mol. The van der Waals surface area contributed by atoms with Crippen LogP contribution in [0.2, 0.25) is 0 Å². The van der Waals surface area contributed by atoms with Gasteiger partial charge in [-0.3, -0.25) is 0 Å². The van der Waals surface area contributed by atoms with Gasteiger partial charge in [0, 0.05) is 3.58 Å². The zero-order valence-corrected chi connectivity index (χ0v) is 10.1. The number of halogens is 2. The van der Waals surface area contributed by atoms with Crippen LogP contribution in [-0.2, 0) is 0 Å². The maximum absolute atomic E-state index is 13.3. The first-order valence-electron chi connectivity index (χ1n) is 4.37. The van der Waals surface area contributed by atoms with E-state index in [1.165, 1.54) is 0 Å². The molecule has 0 fully saturated rings. The summed E-state index contributed by atoms with van der Waals surface area (Å²) < 4.78 is 18.3. The molecule has 0 saturated heterocycles. The molecule has 0 aromatic rings. The predicted molar refractivity (Wildman–Crippen MR) is 64.5 cm³/mol. The van der Waals surface area contributed by atoms with Gasteiger partial charge in [-0.1, -0.05) is 39.1 Å². The van der Waals surface area contributed by atoms with Gasteiger partial charge in [0.25, 0.3) is 0 Å². The van der Waals surface area contributed by atoms with Gasteiger partial charge in [0.05, 0.1) is 5.70 Å². The van der Waals surface area contributed by atoms with Gasteiger partial charge in [0.15, 0.2) is 0 Å². The molecule has 1 aliphatic carbocycles. The molecule has 0 radical (unpaired) electrons. The molecule has 2 N–H and O–H groups in total. The van der Waals surface area contributed by atoms with E-state index in [9.17, 15) is 4.39 Å². The Hall–Kier alpha value is -0.190. The van der Waals surface area contributed by atoms with Crippen molar-refractivity contribution in [3.8, 4) is 0 Å². The smallest absolute Gasteiger partial charge is 0.143 e. The summed E-state index contributed by atoms with van der Waals surface area (Å²) in [4.78, 5) is 0. The topological polar surface area (TPSA) is 26.0 Å².